The fourth-order valence-electron chi connectivity index (χ4n) is 7.73. The smallest absolute Gasteiger partial charge is 0.386 e. The number of rotatable bonds is 21. The van der Waals surface area contributed by atoms with Gasteiger partial charge in [0, 0.05) is 31.7 Å². The molecular weight excluding hydrogens is 1020 g/mol. The van der Waals surface area contributed by atoms with Crippen LogP contribution in [0.2, 0.25) is 0 Å². The molecule has 0 radical (unpaired) electrons. The SMILES string of the molecule is Nc1nc2c(ncn2[C@@H]2O[C@@H]3COP(=O)(O)OC4C(O)[C@H](n5cnc6c(NC(=O)CCOCCOCCOCCOCCNC(=O)CCN7C(=O)C=CC7=O)ncnc65)O[C@@H]4COP(=O)(O)OC3C2O)c(=O)[nH]1. The second-order valence-corrected chi connectivity index (χ2v) is 18.9. The van der Waals surface area contributed by atoms with Gasteiger partial charge in [-0.2, -0.15) is 4.98 Å². The van der Waals surface area contributed by atoms with E-state index in [1.54, 1.807) is 0 Å². The molecule has 10 atom stereocenters. The number of nitrogens with zero attached hydrogens (tertiary/aromatic N) is 8. The molecule has 73 heavy (non-hydrogen) atoms. The third-order valence-corrected chi connectivity index (χ3v) is 13.1. The molecule has 0 bridgehead atoms. The quantitative estimate of drug-likeness (QED) is 0.0233. The van der Waals surface area contributed by atoms with Gasteiger partial charge in [0.1, 0.15) is 43.0 Å². The number of imide groups is 1. The maximum Gasteiger partial charge on any atom is 0.472 e. The standard InChI is InChI=1S/C38H50N12O21P2/c39-38-46-34-27(35(57)47-38)44-19-50(34)37-29(56)31-21(69-37)16-67-72(58,59)70-30-20(15-66-73(60,61)71-31)68-36(28(30)55)49-18-43-26-32(41-17-42-33(26)49)45-23(52)4-7-62-9-11-64-13-14-65-12-10-63-8-5-40-22(51)3-6-48-24(53)1-2-25(48)54/h1-2,17-21,28-31,36-37,55-56H,3-16H2,(H,40,51)(H,58,59)(H,60,61)(H3,39,46,47,57)(H,41,42,45,52)/t20-,21-,28?,29?,30?,31?,36-,37-/m1/s1. The molecule has 0 aromatic carbocycles. The summed E-state index contributed by atoms with van der Waals surface area (Å²) in [6, 6.07) is 0. The van der Waals surface area contributed by atoms with E-state index in [9.17, 15) is 53.1 Å². The summed E-state index contributed by atoms with van der Waals surface area (Å²) in [6.07, 6.45) is -7.73. The Hall–Kier alpha value is -5.58. The lowest BCUT2D eigenvalue weighted by Crippen LogP contribution is -2.39. The van der Waals surface area contributed by atoms with Gasteiger partial charge in [-0.3, -0.25) is 61.1 Å². The minimum Gasteiger partial charge on any atom is -0.386 e. The molecule has 398 valence electrons. The number of imidazole rings is 2. The number of amides is 4. The van der Waals surface area contributed by atoms with Gasteiger partial charge >= 0.3 is 15.6 Å². The fraction of sp³-hybridized carbons (Fsp3) is 0.579. The van der Waals surface area contributed by atoms with Gasteiger partial charge in [-0.1, -0.05) is 0 Å². The van der Waals surface area contributed by atoms with Crippen LogP contribution in [0.1, 0.15) is 25.3 Å². The van der Waals surface area contributed by atoms with Gasteiger partial charge in [-0.05, 0) is 0 Å². The van der Waals surface area contributed by atoms with E-state index in [0.29, 0.717) is 0 Å². The molecule has 4 amide bonds. The van der Waals surface area contributed by atoms with Crippen molar-refractivity contribution < 1.29 is 94.8 Å². The molecule has 6 unspecified atom stereocenters. The number of carbonyl (C=O) groups is 4. The average molecular weight is 1070 g/mol. The van der Waals surface area contributed by atoms with Crippen LogP contribution >= 0.6 is 15.6 Å². The summed E-state index contributed by atoms with van der Waals surface area (Å²) in [5.74, 6) is -2.02. The van der Waals surface area contributed by atoms with Crippen LogP contribution in [-0.4, -0.2) is 203 Å². The van der Waals surface area contributed by atoms with E-state index < -0.39 is 101 Å². The van der Waals surface area contributed by atoms with Gasteiger partial charge in [-0.25, -0.2) is 29.1 Å². The molecule has 3 saturated heterocycles. The molecule has 0 aliphatic carbocycles. The molecule has 0 saturated carbocycles. The van der Waals surface area contributed by atoms with Crippen molar-refractivity contribution in [3.63, 3.8) is 0 Å². The van der Waals surface area contributed by atoms with Crippen molar-refractivity contribution in [3.8, 4) is 0 Å². The summed E-state index contributed by atoms with van der Waals surface area (Å²) in [4.78, 5) is 106. The van der Waals surface area contributed by atoms with E-state index in [1.165, 1.54) is 10.9 Å². The first-order valence-corrected chi connectivity index (χ1v) is 25.3. The van der Waals surface area contributed by atoms with Gasteiger partial charge in [0.05, 0.1) is 85.1 Å². The summed E-state index contributed by atoms with van der Waals surface area (Å²) < 4.78 is 83.7. The van der Waals surface area contributed by atoms with Gasteiger partial charge in [0.15, 0.2) is 40.6 Å². The number of hydrogen-bond donors (Lipinski definition) is 8. The van der Waals surface area contributed by atoms with Crippen molar-refractivity contribution >= 4 is 73.4 Å². The van der Waals surface area contributed by atoms with Crippen LogP contribution < -0.4 is 21.9 Å². The number of aliphatic hydroxyl groups is 2. The lowest BCUT2D eigenvalue weighted by Gasteiger charge is -2.27. The van der Waals surface area contributed by atoms with E-state index in [0.717, 1.165) is 34.3 Å². The van der Waals surface area contributed by atoms with Gasteiger partial charge in [-0.15, -0.1) is 0 Å². The minimum absolute atomic E-state index is 0.00196. The Morgan fingerprint density at radius 3 is 1.85 bits per heavy atom. The second-order valence-electron chi connectivity index (χ2n) is 16.1. The average Bonchev–Trinajstić information content (AvgIpc) is 4.16. The van der Waals surface area contributed by atoms with Crippen LogP contribution in [0.3, 0.4) is 0 Å². The Morgan fingerprint density at radius 2 is 1.26 bits per heavy atom. The maximum absolute atomic E-state index is 13.4. The summed E-state index contributed by atoms with van der Waals surface area (Å²) >= 11 is 0. The molecular formula is C38H50N12O21P2. The van der Waals surface area contributed by atoms with Crippen LogP contribution in [0.5, 0.6) is 0 Å². The molecule has 4 aliphatic heterocycles. The highest BCUT2D eigenvalue weighted by Gasteiger charge is 2.54. The number of H-pyrrole nitrogens is 1. The van der Waals surface area contributed by atoms with Crippen molar-refractivity contribution in [3.05, 3.63) is 41.5 Å². The maximum atomic E-state index is 13.4. The number of nitrogens with one attached hydrogen (secondary N) is 3. The van der Waals surface area contributed by atoms with Crippen molar-refractivity contribution in [2.45, 2.75) is 61.9 Å². The van der Waals surface area contributed by atoms with E-state index in [1.807, 2.05) is 0 Å². The Morgan fingerprint density at radius 1 is 0.726 bits per heavy atom. The van der Waals surface area contributed by atoms with Crippen molar-refractivity contribution in [2.24, 2.45) is 0 Å². The molecule has 8 heterocycles. The Bertz CT molecular complexity index is 2810. The number of anilines is 2. The van der Waals surface area contributed by atoms with Crippen molar-refractivity contribution in [1.82, 2.24) is 49.3 Å². The number of phosphoric ester groups is 2. The van der Waals surface area contributed by atoms with Crippen LogP contribution in [0.25, 0.3) is 22.3 Å². The highest BCUT2D eigenvalue weighted by molar-refractivity contribution is 7.47. The Labute approximate surface area is 410 Å². The van der Waals surface area contributed by atoms with Gasteiger partial charge in [0.2, 0.25) is 17.8 Å². The molecule has 35 heteroatoms. The fourth-order valence-corrected chi connectivity index (χ4v) is 9.66. The topological polar surface area (TPSA) is 436 Å². The number of aliphatic hydroxyl groups excluding tert-OH is 2. The van der Waals surface area contributed by atoms with Crippen LogP contribution in [-0.2, 0) is 74.8 Å². The largest absolute Gasteiger partial charge is 0.472 e. The number of nitrogens with two attached hydrogens (primary N) is 1. The number of ether oxygens (including phenoxy) is 6. The summed E-state index contributed by atoms with van der Waals surface area (Å²) in [7, 11) is -10.3. The van der Waals surface area contributed by atoms with Crippen molar-refractivity contribution in [1.29, 1.82) is 0 Å². The molecule has 8 rings (SSSR count). The first-order chi connectivity index (χ1) is 35.0. The molecule has 4 aromatic heterocycles. The van der Waals surface area contributed by atoms with E-state index >= 15 is 0 Å². The number of hydrogen-bond acceptors (Lipinski definition) is 25. The predicted octanol–water partition coefficient (Wildman–Crippen LogP) is -3.10. The van der Waals surface area contributed by atoms with Crippen molar-refractivity contribution in [2.75, 3.05) is 90.2 Å². The zero-order valence-electron chi connectivity index (χ0n) is 38.2. The minimum atomic E-state index is -5.17. The normalized spacial score (nSPS) is 28.6. The molecule has 3 fully saturated rings. The number of aromatic nitrogens is 8. The highest BCUT2D eigenvalue weighted by atomic mass is 31.2. The zero-order chi connectivity index (χ0) is 51.9. The van der Waals surface area contributed by atoms with Crippen LogP contribution in [0, 0.1) is 0 Å². The van der Waals surface area contributed by atoms with Crippen LogP contribution in [0.4, 0.5) is 11.8 Å². The number of phosphoric acid groups is 2. The number of nitrogen functional groups attached to an aromatic ring is 1. The summed E-state index contributed by atoms with van der Waals surface area (Å²) in [5.41, 5.74) is 4.71. The third kappa shape index (κ3) is 13.2. The third-order valence-electron chi connectivity index (χ3n) is 11.2. The van der Waals surface area contributed by atoms with Gasteiger partial charge in [0.25, 0.3) is 17.4 Å². The number of carbonyl (C=O) groups excluding carboxylic acids is 4. The lowest BCUT2D eigenvalue weighted by atomic mass is 10.1. The molecule has 4 aliphatic rings. The summed E-state index contributed by atoms with van der Waals surface area (Å²) in [5, 5.41) is 28.0. The first kappa shape index (κ1) is 53.7. The Kier molecular flexibility index (Phi) is 17.5. The summed E-state index contributed by atoms with van der Waals surface area (Å²) in [6.45, 7) is 0.248. The Balaban J connectivity index is 0.752. The molecule has 0 spiro atoms. The van der Waals surface area contributed by atoms with Gasteiger partial charge < -0.3 is 64.8 Å². The monoisotopic (exact) mass is 1070 g/mol. The molecule has 4 aromatic rings. The lowest BCUT2D eigenvalue weighted by molar-refractivity contribution is -0.137. The predicted molar refractivity (Wildman–Crippen MR) is 239 cm³/mol. The highest BCUT2D eigenvalue weighted by Crippen LogP contribution is 2.53. The van der Waals surface area contributed by atoms with E-state index in [-0.39, 0.29) is 119 Å². The number of fused-ring (bicyclic) bond motifs is 4. The first-order valence-electron chi connectivity index (χ1n) is 22.3. The van der Waals surface area contributed by atoms with E-state index in [2.05, 4.69) is 40.5 Å². The molecule has 33 nitrogen and oxygen atoms in total. The molecule has 9 N–H and O–H groups in total. The van der Waals surface area contributed by atoms with E-state index in [4.69, 9.17) is 52.2 Å². The second kappa shape index (κ2) is 23.7. The zero-order valence-corrected chi connectivity index (χ0v) is 40.0. The number of aromatic amines is 1. The van der Waals surface area contributed by atoms with Crippen LogP contribution in [0.15, 0.2) is 35.9 Å².